The largest absolute Gasteiger partial charge is 0.497 e. The molecule has 0 bridgehead atoms. The quantitative estimate of drug-likeness (QED) is 0.267. The number of hydrogen-bond acceptors (Lipinski definition) is 4. The fraction of sp³-hybridized carbons (Fsp3) is 0.375. The number of carbonyl (C=O) groups excluding carboxylic acids is 2. The van der Waals surface area contributed by atoms with Crippen LogP contribution in [0.4, 0.5) is 5.69 Å². The summed E-state index contributed by atoms with van der Waals surface area (Å²) >= 11 is 5.88. The summed E-state index contributed by atoms with van der Waals surface area (Å²) in [4.78, 5) is 27.4. The molecule has 1 fully saturated rings. The number of nitrogens with zero attached hydrogens (tertiary/aromatic N) is 1. The molecule has 7 heteroatoms. The highest BCUT2D eigenvalue weighted by Crippen LogP contribution is 2.32. The van der Waals surface area contributed by atoms with Crippen molar-refractivity contribution < 1.29 is 14.3 Å². The Balaban J connectivity index is 1.13. The number of methoxy groups -OCH3 is 1. The second-order valence-corrected chi connectivity index (χ2v) is 10.5. The van der Waals surface area contributed by atoms with Crippen molar-refractivity contribution in [2.75, 3.05) is 38.6 Å². The van der Waals surface area contributed by atoms with E-state index < -0.39 is 0 Å². The molecule has 0 aliphatic carbocycles. The number of aryl methyl sites for hydroxylation is 1. The summed E-state index contributed by atoms with van der Waals surface area (Å²) in [5, 5.41) is 6.43. The standard InChI is InChI=1S/C32H38ClN3O3/c1-3-23-22-29(39-2)14-15-30(23)24-16-20-36(21-17-24)19-5-4-18-34-31(37)25-8-12-28(13-9-25)35-32(38)26-6-10-27(33)11-7-26/h6-15,22,24H,3-5,16-21H2,1-2H3,(H,34,37)(H,35,38). The van der Waals surface area contributed by atoms with Crippen LogP contribution < -0.4 is 15.4 Å². The normalized spacial score (nSPS) is 14.1. The molecule has 0 radical (unpaired) electrons. The van der Waals surface area contributed by atoms with E-state index in [9.17, 15) is 9.59 Å². The first kappa shape index (κ1) is 28.7. The number of carbonyl (C=O) groups is 2. The van der Waals surface area contributed by atoms with E-state index in [1.165, 1.54) is 24.0 Å². The maximum absolute atomic E-state index is 12.5. The van der Waals surface area contributed by atoms with Crippen LogP contribution >= 0.6 is 11.6 Å². The molecule has 3 aromatic rings. The molecule has 0 unspecified atom stereocenters. The van der Waals surface area contributed by atoms with Gasteiger partial charge < -0.3 is 20.3 Å². The highest BCUT2D eigenvalue weighted by molar-refractivity contribution is 6.30. The van der Waals surface area contributed by atoms with Crippen LogP contribution in [-0.2, 0) is 6.42 Å². The van der Waals surface area contributed by atoms with Gasteiger partial charge in [0.25, 0.3) is 11.8 Å². The molecule has 1 saturated heterocycles. The van der Waals surface area contributed by atoms with Crippen molar-refractivity contribution in [2.45, 2.75) is 44.9 Å². The molecule has 1 aliphatic rings. The predicted octanol–water partition coefficient (Wildman–Crippen LogP) is 6.55. The van der Waals surface area contributed by atoms with Crippen LogP contribution in [0.25, 0.3) is 0 Å². The monoisotopic (exact) mass is 547 g/mol. The molecule has 3 aromatic carbocycles. The lowest BCUT2D eigenvalue weighted by molar-refractivity contribution is 0.0951. The second kappa shape index (κ2) is 14.2. The van der Waals surface area contributed by atoms with Gasteiger partial charge in [-0.1, -0.05) is 24.6 Å². The van der Waals surface area contributed by atoms with Gasteiger partial charge in [0.05, 0.1) is 7.11 Å². The van der Waals surface area contributed by atoms with Crippen LogP contribution in [0.3, 0.4) is 0 Å². The summed E-state index contributed by atoms with van der Waals surface area (Å²) in [5.41, 5.74) is 4.62. The highest BCUT2D eigenvalue weighted by atomic mass is 35.5. The molecule has 206 valence electrons. The summed E-state index contributed by atoms with van der Waals surface area (Å²) in [5.74, 6) is 1.24. The van der Waals surface area contributed by atoms with Crippen LogP contribution in [0, 0.1) is 0 Å². The molecule has 4 rings (SSSR count). The molecule has 1 heterocycles. The number of unbranched alkanes of at least 4 members (excludes halogenated alkanes) is 1. The summed E-state index contributed by atoms with van der Waals surface area (Å²) in [7, 11) is 1.73. The average Bonchev–Trinajstić information content (AvgIpc) is 2.97. The zero-order valence-corrected chi connectivity index (χ0v) is 23.6. The Labute approximate surface area is 236 Å². The van der Waals surface area contributed by atoms with Crippen LogP contribution in [0.5, 0.6) is 5.75 Å². The van der Waals surface area contributed by atoms with E-state index >= 15 is 0 Å². The Morgan fingerprint density at radius 3 is 2.26 bits per heavy atom. The molecule has 6 nitrogen and oxygen atoms in total. The van der Waals surface area contributed by atoms with Gasteiger partial charge in [-0.2, -0.15) is 0 Å². The zero-order chi connectivity index (χ0) is 27.6. The van der Waals surface area contributed by atoms with E-state index in [0.29, 0.717) is 34.3 Å². The Morgan fingerprint density at radius 2 is 1.59 bits per heavy atom. The molecule has 2 N–H and O–H groups in total. The summed E-state index contributed by atoms with van der Waals surface area (Å²) in [6.45, 7) is 6.16. The lowest BCUT2D eigenvalue weighted by atomic mass is 9.85. The first-order chi connectivity index (χ1) is 19.0. The number of rotatable bonds is 11. The molecule has 0 aromatic heterocycles. The van der Waals surface area contributed by atoms with E-state index in [4.69, 9.17) is 16.3 Å². The third kappa shape index (κ3) is 8.07. The smallest absolute Gasteiger partial charge is 0.255 e. The van der Waals surface area contributed by atoms with Crippen LogP contribution in [0.1, 0.15) is 70.4 Å². The van der Waals surface area contributed by atoms with E-state index in [1.54, 1.807) is 55.6 Å². The lowest BCUT2D eigenvalue weighted by Gasteiger charge is -2.33. The second-order valence-electron chi connectivity index (χ2n) is 10.0. The topological polar surface area (TPSA) is 70.7 Å². The van der Waals surface area contributed by atoms with Crippen molar-refractivity contribution in [1.82, 2.24) is 10.2 Å². The minimum Gasteiger partial charge on any atom is -0.497 e. The highest BCUT2D eigenvalue weighted by Gasteiger charge is 2.22. The van der Waals surface area contributed by atoms with Crippen molar-refractivity contribution in [2.24, 2.45) is 0 Å². The van der Waals surface area contributed by atoms with E-state index in [2.05, 4.69) is 40.7 Å². The van der Waals surface area contributed by atoms with E-state index in [-0.39, 0.29) is 11.8 Å². The van der Waals surface area contributed by atoms with Gasteiger partial charge in [0.1, 0.15) is 5.75 Å². The Kier molecular flexibility index (Phi) is 10.4. The molecular formula is C32H38ClN3O3. The average molecular weight is 548 g/mol. The maximum Gasteiger partial charge on any atom is 0.255 e. The summed E-state index contributed by atoms with van der Waals surface area (Å²) in [6.07, 6.45) is 5.41. The van der Waals surface area contributed by atoms with Gasteiger partial charge in [-0.15, -0.1) is 0 Å². The van der Waals surface area contributed by atoms with Gasteiger partial charge in [-0.3, -0.25) is 9.59 Å². The minimum atomic E-state index is -0.223. The molecule has 1 aliphatic heterocycles. The maximum atomic E-state index is 12.5. The van der Waals surface area contributed by atoms with Gasteiger partial charge in [-0.05, 0) is 129 Å². The third-order valence-corrected chi connectivity index (χ3v) is 7.71. The van der Waals surface area contributed by atoms with E-state index in [0.717, 1.165) is 44.6 Å². The van der Waals surface area contributed by atoms with Crippen molar-refractivity contribution in [3.8, 4) is 5.75 Å². The van der Waals surface area contributed by atoms with Gasteiger partial charge in [0.15, 0.2) is 0 Å². The first-order valence-corrected chi connectivity index (χ1v) is 14.2. The fourth-order valence-electron chi connectivity index (χ4n) is 5.15. The predicted molar refractivity (Wildman–Crippen MR) is 158 cm³/mol. The van der Waals surface area contributed by atoms with Crippen LogP contribution in [-0.4, -0.2) is 50.0 Å². The molecule has 39 heavy (non-hydrogen) atoms. The number of ether oxygens (including phenoxy) is 1. The van der Waals surface area contributed by atoms with Crippen molar-refractivity contribution in [3.63, 3.8) is 0 Å². The number of hydrogen-bond donors (Lipinski definition) is 2. The molecule has 2 amide bonds. The third-order valence-electron chi connectivity index (χ3n) is 7.46. The number of benzene rings is 3. The molecule has 0 saturated carbocycles. The molecular weight excluding hydrogens is 510 g/mol. The van der Waals surface area contributed by atoms with Gasteiger partial charge in [0.2, 0.25) is 0 Å². The Bertz CT molecular complexity index is 1240. The number of likely N-dealkylation sites (tertiary alicyclic amines) is 1. The van der Waals surface area contributed by atoms with Gasteiger partial charge in [0, 0.05) is 28.4 Å². The molecule has 0 spiro atoms. The zero-order valence-electron chi connectivity index (χ0n) is 22.8. The van der Waals surface area contributed by atoms with E-state index in [1.807, 2.05) is 0 Å². The number of piperidine rings is 1. The van der Waals surface area contributed by atoms with Crippen molar-refractivity contribution in [3.05, 3.63) is 94.0 Å². The fourth-order valence-corrected chi connectivity index (χ4v) is 5.28. The lowest BCUT2D eigenvalue weighted by Crippen LogP contribution is -2.34. The number of halogens is 1. The summed E-state index contributed by atoms with van der Waals surface area (Å²) in [6, 6.07) is 20.2. The Morgan fingerprint density at radius 1 is 0.923 bits per heavy atom. The number of amides is 2. The number of anilines is 1. The first-order valence-electron chi connectivity index (χ1n) is 13.8. The van der Waals surface area contributed by atoms with Crippen molar-refractivity contribution >= 4 is 29.1 Å². The van der Waals surface area contributed by atoms with Gasteiger partial charge in [-0.25, -0.2) is 0 Å². The van der Waals surface area contributed by atoms with Crippen LogP contribution in [0.15, 0.2) is 66.7 Å². The number of nitrogens with one attached hydrogen (secondary N) is 2. The summed E-state index contributed by atoms with van der Waals surface area (Å²) < 4.78 is 5.40. The Hall–Kier alpha value is -3.35. The SMILES string of the molecule is CCc1cc(OC)ccc1C1CCN(CCCCNC(=O)c2ccc(NC(=O)c3ccc(Cl)cc3)cc2)CC1. The van der Waals surface area contributed by atoms with Gasteiger partial charge >= 0.3 is 0 Å². The van der Waals surface area contributed by atoms with Crippen molar-refractivity contribution in [1.29, 1.82) is 0 Å². The molecule has 0 atom stereocenters. The minimum absolute atomic E-state index is 0.0994. The van der Waals surface area contributed by atoms with Crippen LogP contribution in [0.2, 0.25) is 5.02 Å².